The van der Waals surface area contributed by atoms with Gasteiger partial charge in [-0.1, -0.05) is 0 Å². The van der Waals surface area contributed by atoms with Gasteiger partial charge in [-0.15, -0.1) is 0 Å². The standard InChI is InChI=1S/C13H15N3O4S/c1-2-20-13-6-3-9(8-15-13)16-21(18,19)10-4-5-12(17)11(14)7-10/h3-8,16-17H,2,14H2,1H3. The van der Waals surface area contributed by atoms with Gasteiger partial charge in [0, 0.05) is 6.07 Å². The Morgan fingerprint density at radius 3 is 2.67 bits per heavy atom. The van der Waals surface area contributed by atoms with E-state index >= 15 is 0 Å². The van der Waals surface area contributed by atoms with Crippen LogP contribution in [0.15, 0.2) is 41.4 Å². The molecule has 0 aliphatic rings. The molecule has 0 radical (unpaired) electrons. The molecule has 1 aromatic carbocycles. The molecule has 1 aromatic heterocycles. The van der Waals surface area contributed by atoms with Crippen molar-refractivity contribution in [2.24, 2.45) is 0 Å². The molecule has 2 aromatic rings. The minimum Gasteiger partial charge on any atom is -0.506 e. The smallest absolute Gasteiger partial charge is 0.262 e. The van der Waals surface area contributed by atoms with Crippen LogP contribution in [0.4, 0.5) is 11.4 Å². The van der Waals surface area contributed by atoms with Crippen molar-refractivity contribution in [3.8, 4) is 11.6 Å². The Balaban J connectivity index is 2.22. The molecule has 21 heavy (non-hydrogen) atoms. The molecular weight excluding hydrogens is 294 g/mol. The first-order valence-electron chi connectivity index (χ1n) is 6.12. The number of aromatic nitrogens is 1. The fourth-order valence-corrected chi connectivity index (χ4v) is 2.67. The number of rotatable bonds is 5. The molecule has 4 N–H and O–H groups in total. The van der Waals surface area contributed by atoms with E-state index in [1.165, 1.54) is 24.4 Å². The molecule has 0 amide bonds. The van der Waals surface area contributed by atoms with Gasteiger partial charge in [0.2, 0.25) is 5.88 Å². The van der Waals surface area contributed by atoms with Crippen LogP contribution in [0.3, 0.4) is 0 Å². The van der Waals surface area contributed by atoms with Gasteiger partial charge >= 0.3 is 0 Å². The van der Waals surface area contributed by atoms with Crippen molar-refractivity contribution >= 4 is 21.4 Å². The SMILES string of the molecule is CCOc1ccc(NS(=O)(=O)c2ccc(O)c(N)c2)cn1. The molecule has 2 rings (SSSR count). The highest BCUT2D eigenvalue weighted by atomic mass is 32.2. The van der Waals surface area contributed by atoms with E-state index in [0.717, 1.165) is 0 Å². The van der Waals surface area contributed by atoms with Crippen LogP contribution in [0.5, 0.6) is 11.6 Å². The van der Waals surface area contributed by atoms with E-state index in [9.17, 15) is 13.5 Å². The molecule has 7 nitrogen and oxygen atoms in total. The van der Waals surface area contributed by atoms with Gasteiger partial charge in [-0.05, 0) is 31.2 Å². The Hall–Kier alpha value is -2.48. The van der Waals surface area contributed by atoms with Gasteiger partial charge < -0.3 is 15.6 Å². The maximum Gasteiger partial charge on any atom is 0.262 e. The lowest BCUT2D eigenvalue weighted by Gasteiger charge is -2.09. The Morgan fingerprint density at radius 1 is 1.33 bits per heavy atom. The molecule has 0 unspecified atom stereocenters. The fourth-order valence-electron chi connectivity index (χ4n) is 1.59. The van der Waals surface area contributed by atoms with Gasteiger partial charge in [-0.2, -0.15) is 0 Å². The normalized spacial score (nSPS) is 11.1. The van der Waals surface area contributed by atoms with Crippen molar-refractivity contribution in [3.05, 3.63) is 36.5 Å². The first-order chi connectivity index (χ1) is 9.92. The Morgan fingerprint density at radius 2 is 2.10 bits per heavy atom. The number of nitrogens with two attached hydrogens (primary N) is 1. The third-order valence-electron chi connectivity index (χ3n) is 2.59. The van der Waals surface area contributed by atoms with Crippen LogP contribution >= 0.6 is 0 Å². The van der Waals surface area contributed by atoms with E-state index in [0.29, 0.717) is 18.2 Å². The summed E-state index contributed by atoms with van der Waals surface area (Å²) >= 11 is 0. The van der Waals surface area contributed by atoms with Crippen LogP contribution in [0.2, 0.25) is 0 Å². The number of phenolic OH excluding ortho intramolecular Hbond substituents is 1. The number of hydrogen-bond donors (Lipinski definition) is 3. The minimum atomic E-state index is -3.80. The highest BCUT2D eigenvalue weighted by molar-refractivity contribution is 7.92. The number of nitrogens with one attached hydrogen (secondary N) is 1. The van der Waals surface area contributed by atoms with E-state index in [4.69, 9.17) is 10.5 Å². The van der Waals surface area contributed by atoms with Crippen molar-refractivity contribution < 1.29 is 18.3 Å². The molecule has 0 saturated heterocycles. The van der Waals surface area contributed by atoms with Gasteiger partial charge in [0.05, 0.1) is 29.1 Å². The van der Waals surface area contributed by atoms with Crippen molar-refractivity contribution in [2.45, 2.75) is 11.8 Å². The molecule has 0 aliphatic heterocycles. The van der Waals surface area contributed by atoms with Crippen LogP contribution in [-0.2, 0) is 10.0 Å². The fraction of sp³-hybridized carbons (Fsp3) is 0.154. The summed E-state index contributed by atoms with van der Waals surface area (Å²) in [7, 11) is -3.80. The quantitative estimate of drug-likeness (QED) is 0.570. The average Bonchev–Trinajstić information content (AvgIpc) is 2.44. The second-order valence-electron chi connectivity index (χ2n) is 4.14. The zero-order valence-electron chi connectivity index (χ0n) is 11.3. The highest BCUT2D eigenvalue weighted by Crippen LogP contribution is 2.24. The largest absolute Gasteiger partial charge is 0.506 e. The van der Waals surface area contributed by atoms with Crippen LogP contribution in [0.1, 0.15) is 6.92 Å². The molecule has 8 heteroatoms. The summed E-state index contributed by atoms with van der Waals surface area (Å²) in [6.45, 7) is 2.30. The lowest BCUT2D eigenvalue weighted by Crippen LogP contribution is -2.13. The Kier molecular flexibility index (Phi) is 4.18. The third kappa shape index (κ3) is 3.54. The summed E-state index contributed by atoms with van der Waals surface area (Å²) in [6, 6.07) is 6.77. The number of anilines is 2. The number of phenols is 1. The monoisotopic (exact) mass is 309 g/mol. The van der Waals surface area contributed by atoms with E-state index in [2.05, 4.69) is 9.71 Å². The molecular formula is C13H15N3O4S. The van der Waals surface area contributed by atoms with Crippen LogP contribution in [0.25, 0.3) is 0 Å². The maximum absolute atomic E-state index is 12.2. The van der Waals surface area contributed by atoms with Crippen LogP contribution in [-0.4, -0.2) is 25.1 Å². The van der Waals surface area contributed by atoms with Gasteiger partial charge in [0.1, 0.15) is 5.75 Å². The number of sulfonamides is 1. The molecule has 0 aliphatic carbocycles. The zero-order chi connectivity index (χ0) is 15.5. The topological polar surface area (TPSA) is 115 Å². The maximum atomic E-state index is 12.2. The number of nitrogen functional groups attached to an aromatic ring is 1. The van der Waals surface area contributed by atoms with Crippen LogP contribution in [0, 0.1) is 0 Å². The predicted molar refractivity (Wildman–Crippen MR) is 78.7 cm³/mol. The van der Waals surface area contributed by atoms with Crippen molar-refractivity contribution in [2.75, 3.05) is 17.1 Å². The number of hydrogen-bond acceptors (Lipinski definition) is 6. The van der Waals surface area contributed by atoms with E-state index in [1.807, 2.05) is 6.92 Å². The molecule has 0 atom stereocenters. The van der Waals surface area contributed by atoms with Gasteiger partial charge in [0.15, 0.2) is 0 Å². The molecule has 112 valence electrons. The summed E-state index contributed by atoms with van der Waals surface area (Å²) in [6.07, 6.45) is 1.35. The van der Waals surface area contributed by atoms with E-state index in [-0.39, 0.29) is 16.3 Å². The number of ether oxygens (including phenoxy) is 1. The molecule has 0 bridgehead atoms. The first-order valence-corrected chi connectivity index (χ1v) is 7.61. The molecule has 0 fully saturated rings. The summed E-state index contributed by atoms with van der Waals surface area (Å²) in [5.74, 6) is 0.242. The summed E-state index contributed by atoms with van der Waals surface area (Å²) in [5, 5.41) is 9.32. The zero-order valence-corrected chi connectivity index (χ0v) is 12.1. The predicted octanol–water partition coefficient (Wildman–Crippen LogP) is 1.57. The van der Waals surface area contributed by atoms with Gasteiger partial charge in [-0.3, -0.25) is 4.72 Å². The molecule has 0 saturated carbocycles. The summed E-state index contributed by atoms with van der Waals surface area (Å²) < 4.78 is 31.9. The number of benzene rings is 1. The van der Waals surface area contributed by atoms with Gasteiger partial charge in [0.25, 0.3) is 10.0 Å². The highest BCUT2D eigenvalue weighted by Gasteiger charge is 2.15. The number of aromatic hydroxyl groups is 1. The summed E-state index contributed by atoms with van der Waals surface area (Å²) in [4.78, 5) is 3.91. The number of nitrogens with zero attached hydrogens (tertiary/aromatic N) is 1. The second kappa shape index (κ2) is 5.88. The lowest BCUT2D eigenvalue weighted by molar-refractivity contribution is 0.327. The third-order valence-corrected chi connectivity index (χ3v) is 3.97. The average molecular weight is 309 g/mol. The Bertz CT molecular complexity index is 730. The van der Waals surface area contributed by atoms with Crippen molar-refractivity contribution in [1.29, 1.82) is 0 Å². The van der Waals surface area contributed by atoms with Gasteiger partial charge in [-0.25, -0.2) is 13.4 Å². The summed E-state index contributed by atoms with van der Waals surface area (Å²) in [5.41, 5.74) is 5.78. The Labute approximate surface area is 122 Å². The van der Waals surface area contributed by atoms with E-state index in [1.54, 1.807) is 12.1 Å². The second-order valence-corrected chi connectivity index (χ2v) is 5.83. The van der Waals surface area contributed by atoms with Crippen molar-refractivity contribution in [1.82, 2.24) is 4.98 Å². The number of pyridine rings is 1. The first kappa shape index (κ1) is 14.9. The molecule has 0 spiro atoms. The lowest BCUT2D eigenvalue weighted by atomic mass is 10.3. The van der Waals surface area contributed by atoms with E-state index < -0.39 is 10.0 Å². The molecule has 1 heterocycles. The minimum absolute atomic E-state index is 0.0114. The van der Waals surface area contributed by atoms with Crippen LogP contribution < -0.4 is 15.2 Å². The van der Waals surface area contributed by atoms with Crippen molar-refractivity contribution in [3.63, 3.8) is 0 Å².